The molecular weight excluding hydrogens is 410 g/mol. The van der Waals surface area contributed by atoms with Gasteiger partial charge in [-0.3, -0.25) is 18.6 Å². The molecule has 172 valence electrons. The van der Waals surface area contributed by atoms with E-state index in [1.165, 1.54) is 4.57 Å². The first-order valence-corrected chi connectivity index (χ1v) is 11.1. The molecule has 0 aliphatic rings. The van der Waals surface area contributed by atoms with E-state index in [4.69, 9.17) is 9.47 Å². The fourth-order valence-electron chi connectivity index (χ4n) is 3.29. The van der Waals surface area contributed by atoms with E-state index in [9.17, 15) is 9.59 Å². The van der Waals surface area contributed by atoms with Gasteiger partial charge in [-0.25, -0.2) is 0 Å². The minimum Gasteiger partial charge on any atom is -0.494 e. The summed E-state index contributed by atoms with van der Waals surface area (Å²) < 4.78 is 14.1. The zero-order chi connectivity index (χ0) is 22.9. The summed E-state index contributed by atoms with van der Waals surface area (Å²) in [5.41, 5.74) is 0.726. The molecule has 0 radical (unpaired) electrons. The van der Waals surface area contributed by atoms with Gasteiger partial charge in [0.1, 0.15) is 11.6 Å². The lowest BCUT2D eigenvalue weighted by molar-refractivity contribution is -0.121. The van der Waals surface area contributed by atoms with Crippen LogP contribution >= 0.6 is 0 Å². The Balaban J connectivity index is 1.56. The molecule has 32 heavy (non-hydrogen) atoms. The fraction of sp³-hybridized carbons (Fsp3) is 0.478. The highest BCUT2D eigenvalue weighted by Gasteiger charge is 2.12. The second-order valence-electron chi connectivity index (χ2n) is 7.69. The number of fused-ring (bicyclic) bond motifs is 1. The van der Waals surface area contributed by atoms with E-state index in [1.54, 1.807) is 16.8 Å². The number of hydrogen-bond donors (Lipinski definition) is 1. The number of nitrogens with zero attached hydrogens (tertiary/aromatic N) is 4. The molecule has 1 amide bonds. The number of amides is 1. The Hall–Kier alpha value is -3.20. The first kappa shape index (κ1) is 23.5. The van der Waals surface area contributed by atoms with Crippen LogP contribution in [0.15, 0.2) is 41.5 Å². The van der Waals surface area contributed by atoms with Gasteiger partial charge in [0.15, 0.2) is 0 Å². The highest BCUT2D eigenvalue weighted by atomic mass is 16.5. The third kappa shape index (κ3) is 6.16. The quantitative estimate of drug-likeness (QED) is 0.434. The van der Waals surface area contributed by atoms with Gasteiger partial charge in [-0.1, -0.05) is 0 Å². The molecule has 1 aromatic carbocycles. The van der Waals surface area contributed by atoms with Crippen molar-refractivity contribution in [2.45, 2.75) is 52.6 Å². The number of nitrogens with one attached hydrogen (secondary N) is 1. The van der Waals surface area contributed by atoms with Crippen LogP contribution in [0.1, 0.15) is 45.9 Å². The van der Waals surface area contributed by atoms with Crippen molar-refractivity contribution in [3.05, 3.63) is 52.8 Å². The van der Waals surface area contributed by atoms with E-state index in [1.807, 2.05) is 45.0 Å². The van der Waals surface area contributed by atoms with E-state index < -0.39 is 0 Å². The smallest absolute Gasteiger partial charge is 0.300 e. The van der Waals surface area contributed by atoms with Crippen LogP contribution in [0.4, 0.5) is 0 Å². The van der Waals surface area contributed by atoms with E-state index in [2.05, 4.69) is 15.5 Å². The Labute approximate surface area is 187 Å². The van der Waals surface area contributed by atoms with Crippen LogP contribution in [-0.2, 0) is 16.0 Å². The number of hydrogen-bond acceptors (Lipinski definition) is 6. The number of carbonyl (C=O) groups excluding carboxylic acids is 1. The van der Waals surface area contributed by atoms with Gasteiger partial charge in [0.2, 0.25) is 11.6 Å². The lowest BCUT2D eigenvalue weighted by atomic mass is 10.2. The fourth-order valence-corrected chi connectivity index (χ4v) is 3.29. The molecule has 0 unspecified atom stereocenters. The molecule has 0 aliphatic carbocycles. The van der Waals surface area contributed by atoms with Crippen LogP contribution in [0.5, 0.6) is 5.75 Å². The van der Waals surface area contributed by atoms with E-state index >= 15 is 0 Å². The molecule has 3 aromatic rings. The zero-order valence-corrected chi connectivity index (χ0v) is 18.9. The van der Waals surface area contributed by atoms with Gasteiger partial charge in [-0.2, -0.15) is 0 Å². The topological polar surface area (TPSA) is 99.8 Å². The number of ether oxygens (including phenoxy) is 2. The molecule has 0 bridgehead atoms. The van der Waals surface area contributed by atoms with Gasteiger partial charge >= 0.3 is 5.56 Å². The normalized spacial score (nSPS) is 11.2. The molecule has 0 fully saturated rings. The summed E-state index contributed by atoms with van der Waals surface area (Å²) in [6.45, 7) is 7.72. The van der Waals surface area contributed by atoms with Crippen LogP contribution in [0.3, 0.4) is 0 Å². The largest absolute Gasteiger partial charge is 0.494 e. The third-order valence-electron chi connectivity index (χ3n) is 4.87. The van der Waals surface area contributed by atoms with Gasteiger partial charge in [0.05, 0.1) is 12.7 Å². The molecule has 0 saturated heterocycles. The van der Waals surface area contributed by atoms with Gasteiger partial charge in [-0.05, 0) is 57.9 Å². The van der Waals surface area contributed by atoms with Crippen molar-refractivity contribution in [3.63, 3.8) is 0 Å². The van der Waals surface area contributed by atoms with Crippen LogP contribution in [0.25, 0.3) is 11.3 Å². The SMILES string of the molecule is CCOc1ccc(-n2ccn3c(CCCC(=O)NCCCOC(C)C)nnc3c2=O)cc1. The Morgan fingerprint density at radius 3 is 2.62 bits per heavy atom. The molecule has 2 aromatic heterocycles. The van der Waals surface area contributed by atoms with Crippen molar-refractivity contribution in [3.8, 4) is 11.4 Å². The number of aryl methyl sites for hydroxylation is 1. The first-order chi connectivity index (χ1) is 15.5. The molecule has 0 saturated carbocycles. The minimum absolute atomic E-state index is 0.00113. The maximum absolute atomic E-state index is 12.9. The molecule has 3 rings (SSSR count). The minimum atomic E-state index is -0.253. The molecule has 2 heterocycles. The summed E-state index contributed by atoms with van der Waals surface area (Å²) >= 11 is 0. The average Bonchev–Trinajstić information content (AvgIpc) is 3.18. The lowest BCUT2D eigenvalue weighted by Crippen LogP contribution is -2.25. The van der Waals surface area contributed by atoms with Crippen LogP contribution < -0.4 is 15.6 Å². The molecule has 1 N–H and O–H groups in total. The van der Waals surface area contributed by atoms with E-state index in [-0.39, 0.29) is 23.2 Å². The van der Waals surface area contributed by atoms with Crippen LogP contribution in [0.2, 0.25) is 0 Å². The maximum Gasteiger partial charge on any atom is 0.300 e. The predicted molar refractivity (Wildman–Crippen MR) is 121 cm³/mol. The molecule has 0 atom stereocenters. The highest BCUT2D eigenvalue weighted by molar-refractivity contribution is 5.75. The molecule has 0 aliphatic heterocycles. The molecular formula is C23H31N5O4. The van der Waals surface area contributed by atoms with Gasteiger partial charge in [0.25, 0.3) is 0 Å². The van der Waals surface area contributed by atoms with Gasteiger partial charge < -0.3 is 14.8 Å². The number of aromatic nitrogens is 4. The average molecular weight is 442 g/mol. The Morgan fingerprint density at radius 1 is 1.12 bits per heavy atom. The second-order valence-corrected chi connectivity index (χ2v) is 7.69. The molecule has 9 heteroatoms. The summed E-state index contributed by atoms with van der Waals surface area (Å²) in [5, 5.41) is 11.1. The maximum atomic E-state index is 12.9. The summed E-state index contributed by atoms with van der Waals surface area (Å²) in [7, 11) is 0. The zero-order valence-electron chi connectivity index (χ0n) is 18.9. The Bertz CT molecular complexity index is 1070. The Morgan fingerprint density at radius 2 is 1.91 bits per heavy atom. The van der Waals surface area contributed by atoms with Crippen molar-refractivity contribution in [1.29, 1.82) is 0 Å². The summed E-state index contributed by atoms with van der Waals surface area (Å²) in [4.78, 5) is 24.9. The third-order valence-corrected chi connectivity index (χ3v) is 4.87. The Kier molecular flexibility index (Phi) is 8.38. The van der Waals surface area contributed by atoms with Gasteiger partial charge in [-0.15, -0.1) is 10.2 Å². The second kappa shape index (κ2) is 11.4. The highest BCUT2D eigenvalue weighted by Crippen LogP contribution is 2.14. The number of rotatable bonds is 12. The molecule has 0 spiro atoms. The van der Waals surface area contributed by atoms with Crippen molar-refractivity contribution in [1.82, 2.24) is 24.5 Å². The van der Waals surface area contributed by atoms with Crippen molar-refractivity contribution in [2.24, 2.45) is 0 Å². The van der Waals surface area contributed by atoms with Crippen LogP contribution in [-0.4, -0.2) is 50.9 Å². The monoisotopic (exact) mass is 441 g/mol. The summed E-state index contributed by atoms with van der Waals surface area (Å²) in [6.07, 6.45) is 6.03. The first-order valence-electron chi connectivity index (χ1n) is 11.1. The van der Waals surface area contributed by atoms with Crippen molar-refractivity contribution < 1.29 is 14.3 Å². The standard InChI is InChI=1S/C23H31N5O4/c1-4-31-19-11-9-18(10-12-19)27-14-15-28-20(25-26-22(28)23(27)30)7-5-8-21(29)24-13-6-16-32-17(2)3/h9-12,14-15,17H,4-8,13,16H2,1-3H3,(H,24,29). The number of benzene rings is 1. The van der Waals surface area contributed by atoms with Crippen molar-refractivity contribution in [2.75, 3.05) is 19.8 Å². The lowest BCUT2D eigenvalue weighted by Gasteiger charge is -2.09. The predicted octanol–water partition coefficient (Wildman–Crippen LogP) is 2.53. The summed E-state index contributed by atoms with van der Waals surface area (Å²) in [6, 6.07) is 7.31. The van der Waals surface area contributed by atoms with E-state index in [0.717, 1.165) is 17.9 Å². The summed E-state index contributed by atoms with van der Waals surface area (Å²) in [5.74, 6) is 1.42. The van der Waals surface area contributed by atoms with Crippen molar-refractivity contribution >= 4 is 11.6 Å². The number of carbonyl (C=O) groups is 1. The van der Waals surface area contributed by atoms with E-state index in [0.29, 0.717) is 44.8 Å². The molecule has 9 nitrogen and oxygen atoms in total. The van der Waals surface area contributed by atoms with Gasteiger partial charge in [0, 0.05) is 44.1 Å². The van der Waals surface area contributed by atoms with Crippen LogP contribution in [0, 0.1) is 0 Å².